The van der Waals surface area contributed by atoms with Gasteiger partial charge in [0.15, 0.2) is 0 Å². The van der Waals surface area contributed by atoms with E-state index in [1.54, 1.807) is 6.21 Å². The maximum absolute atomic E-state index is 10.7. The van der Waals surface area contributed by atoms with Crippen LogP contribution in [0, 0.1) is 5.21 Å². The molecule has 2 aliphatic rings. The van der Waals surface area contributed by atoms with Crippen molar-refractivity contribution in [3.63, 3.8) is 0 Å². The summed E-state index contributed by atoms with van der Waals surface area (Å²) in [5.74, 6) is 0. The number of rotatable bonds is 0. The Balaban J connectivity index is 2.36. The van der Waals surface area contributed by atoms with Crippen molar-refractivity contribution in [3.8, 4) is 0 Å². The second kappa shape index (κ2) is 2.36. The van der Waals surface area contributed by atoms with Gasteiger partial charge in [-0.05, 0) is 17.6 Å². The molecule has 0 aromatic heterocycles. The first kappa shape index (κ1) is 6.37. The Labute approximate surface area is 64.6 Å². The number of nitrogens with zero attached hydrogens (tertiary/aromatic N) is 2. The van der Waals surface area contributed by atoms with Crippen molar-refractivity contribution in [3.05, 3.63) is 40.8 Å². The molecule has 56 valence electrons. The average Bonchev–Trinajstić information content (AvgIpc) is 2.04. The largest absolute Gasteiger partial charge is 0.738 e. The number of hydrogen-bond acceptors (Lipinski definition) is 3. The maximum atomic E-state index is 10.7. The zero-order valence-corrected chi connectivity index (χ0v) is 5.90. The molecule has 0 N–H and O–H groups in total. The molecule has 11 heavy (non-hydrogen) atoms. The number of fused-ring (bicyclic) bond motifs is 1. The molecule has 0 saturated heterocycles. The zero-order valence-electron chi connectivity index (χ0n) is 5.90. The monoisotopic (exact) mass is 147 g/mol. The van der Waals surface area contributed by atoms with Crippen LogP contribution in [0.5, 0.6) is 0 Å². The molecule has 3 heteroatoms. The molecule has 1 aliphatic carbocycles. The fraction of sp³-hybridized carbons (Fsp3) is 0.125. The first-order valence-electron chi connectivity index (χ1n) is 3.45. The van der Waals surface area contributed by atoms with Crippen LogP contribution in [-0.2, 0) is 0 Å². The van der Waals surface area contributed by atoms with Gasteiger partial charge in [0.1, 0.15) is 0 Å². The van der Waals surface area contributed by atoms with Crippen molar-refractivity contribution in [2.45, 2.75) is 6.42 Å². The molecule has 1 aliphatic heterocycles. The highest BCUT2D eigenvalue weighted by molar-refractivity contribution is 5.87. The van der Waals surface area contributed by atoms with Crippen molar-refractivity contribution in [2.75, 3.05) is 0 Å². The molecule has 0 amide bonds. The van der Waals surface area contributed by atoms with Gasteiger partial charge in [0.2, 0.25) is 0 Å². The Kier molecular flexibility index (Phi) is 1.36. The molecular formula is C8H7N2O-. The molecule has 0 atom stereocenters. The highest BCUT2D eigenvalue weighted by Gasteiger charge is 2.05. The lowest BCUT2D eigenvalue weighted by atomic mass is 10.0. The van der Waals surface area contributed by atoms with Crippen LogP contribution in [0.3, 0.4) is 0 Å². The molecule has 0 aromatic rings. The van der Waals surface area contributed by atoms with Gasteiger partial charge in [0, 0.05) is 6.20 Å². The Bertz CT molecular complexity index is 286. The lowest BCUT2D eigenvalue weighted by Gasteiger charge is -2.25. The fourth-order valence-electron chi connectivity index (χ4n) is 1.12. The van der Waals surface area contributed by atoms with Gasteiger partial charge in [0.25, 0.3) is 0 Å². The molecule has 0 bridgehead atoms. The average molecular weight is 147 g/mol. The summed E-state index contributed by atoms with van der Waals surface area (Å²) < 4.78 is 0. The van der Waals surface area contributed by atoms with Crippen molar-refractivity contribution in [1.82, 2.24) is 5.17 Å². The lowest BCUT2D eigenvalue weighted by molar-refractivity contribution is 0.544. The Morgan fingerprint density at radius 3 is 3.27 bits per heavy atom. The van der Waals surface area contributed by atoms with Crippen LogP contribution >= 0.6 is 0 Å². The van der Waals surface area contributed by atoms with Crippen LogP contribution in [0.1, 0.15) is 6.42 Å². The number of allylic oxidation sites excluding steroid dienone is 5. The standard InChI is InChI=1S/C8H7N2O/c11-10-6-8-4-2-1-3-7(8)5-9-10/h2-6H,1H2/q-1. The summed E-state index contributed by atoms with van der Waals surface area (Å²) in [4.78, 5) is 0. The molecule has 2 rings (SSSR count). The van der Waals surface area contributed by atoms with Crippen LogP contribution in [0.25, 0.3) is 0 Å². The molecule has 3 nitrogen and oxygen atoms in total. The summed E-state index contributed by atoms with van der Waals surface area (Å²) in [6.07, 6.45) is 9.99. The third kappa shape index (κ3) is 1.10. The van der Waals surface area contributed by atoms with Gasteiger partial charge < -0.3 is 10.4 Å². The van der Waals surface area contributed by atoms with E-state index in [4.69, 9.17) is 0 Å². The number of hydrazone groups is 1. The summed E-state index contributed by atoms with van der Waals surface area (Å²) in [5, 5.41) is 14.9. The van der Waals surface area contributed by atoms with Crippen molar-refractivity contribution in [2.24, 2.45) is 5.10 Å². The van der Waals surface area contributed by atoms with Crippen LogP contribution in [0.15, 0.2) is 40.7 Å². The highest BCUT2D eigenvalue weighted by Crippen LogP contribution is 2.19. The molecule has 0 spiro atoms. The third-order valence-electron chi connectivity index (χ3n) is 1.66. The molecule has 0 fully saturated rings. The van der Waals surface area contributed by atoms with Crippen LogP contribution < -0.4 is 0 Å². The SMILES string of the molecule is [O-]N1C=C2C=CCC=C2C=N1. The minimum Gasteiger partial charge on any atom is -0.738 e. The lowest BCUT2D eigenvalue weighted by Crippen LogP contribution is -2.09. The summed E-state index contributed by atoms with van der Waals surface area (Å²) in [6, 6.07) is 0. The summed E-state index contributed by atoms with van der Waals surface area (Å²) in [7, 11) is 0. The summed E-state index contributed by atoms with van der Waals surface area (Å²) in [5.41, 5.74) is 1.99. The highest BCUT2D eigenvalue weighted by atomic mass is 16.5. The van der Waals surface area contributed by atoms with E-state index in [-0.39, 0.29) is 0 Å². The van der Waals surface area contributed by atoms with Gasteiger partial charge in [-0.25, -0.2) is 0 Å². The van der Waals surface area contributed by atoms with Crippen LogP contribution in [0.4, 0.5) is 0 Å². The Morgan fingerprint density at radius 1 is 1.45 bits per heavy atom. The van der Waals surface area contributed by atoms with Crippen LogP contribution in [-0.4, -0.2) is 11.4 Å². The minimum absolute atomic E-state index is 0.572. The molecule has 0 radical (unpaired) electrons. The minimum atomic E-state index is 0.572. The van der Waals surface area contributed by atoms with E-state index in [0.717, 1.165) is 17.6 Å². The Hall–Kier alpha value is -1.35. The van der Waals surface area contributed by atoms with E-state index in [1.165, 1.54) is 6.20 Å². The first-order valence-corrected chi connectivity index (χ1v) is 3.45. The van der Waals surface area contributed by atoms with Crippen molar-refractivity contribution >= 4 is 6.21 Å². The van der Waals surface area contributed by atoms with Crippen molar-refractivity contribution in [1.29, 1.82) is 0 Å². The second-order valence-electron chi connectivity index (χ2n) is 2.43. The van der Waals surface area contributed by atoms with E-state index >= 15 is 0 Å². The van der Waals surface area contributed by atoms with Gasteiger partial charge in [-0.3, -0.25) is 0 Å². The first-order chi connectivity index (χ1) is 5.36. The zero-order chi connectivity index (χ0) is 7.68. The maximum Gasteiger partial charge on any atom is 0.0541 e. The third-order valence-corrected chi connectivity index (χ3v) is 1.66. The van der Waals surface area contributed by atoms with E-state index in [2.05, 4.69) is 5.10 Å². The van der Waals surface area contributed by atoms with Crippen molar-refractivity contribution < 1.29 is 0 Å². The second-order valence-corrected chi connectivity index (χ2v) is 2.43. The summed E-state index contributed by atoms with van der Waals surface area (Å²) >= 11 is 0. The molecule has 0 aromatic carbocycles. The fourth-order valence-corrected chi connectivity index (χ4v) is 1.12. The quantitative estimate of drug-likeness (QED) is 0.521. The number of hydrogen-bond donors (Lipinski definition) is 0. The van der Waals surface area contributed by atoms with Gasteiger partial charge in [0.05, 0.1) is 6.21 Å². The molecule has 0 saturated carbocycles. The summed E-state index contributed by atoms with van der Waals surface area (Å²) in [6.45, 7) is 0. The van der Waals surface area contributed by atoms with Gasteiger partial charge in [-0.15, -0.1) is 0 Å². The molecule has 0 unspecified atom stereocenters. The Morgan fingerprint density at radius 2 is 2.36 bits per heavy atom. The van der Waals surface area contributed by atoms with Gasteiger partial charge in [-0.2, -0.15) is 5.10 Å². The normalized spacial score (nSPS) is 21.0. The van der Waals surface area contributed by atoms with E-state index < -0.39 is 0 Å². The molecular weight excluding hydrogens is 140 g/mol. The van der Waals surface area contributed by atoms with E-state index in [1.807, 2.05) is 18.2 Å². The topological polar surface area (TPSA) is 38.7 Å². The molecule has 1 heterocycles. The van der Waals surface area contributed by atoms with Crippen LogP contribution in [0.2, 0.25) is 0 Å². The number of hydroxylamine groups is 1. The van der Waals surface area contributed by atoms with E-state index in [9.17, 15) is 5.21 Å². The van der Waals surface area contributed by atoms with Gasteiger partial charge in [-0.1, -0.05) is 18.2 Å². The van der Waals surface area contributed by atoms with E-state index in [0.29, 0.717) is 5.17 Å². The smallest absolute Gasteiger partial charge is 0.0541 e. The van der Waals surface area contributed by atoms with Gasteiger partial charge >= 0.3 is 0 Å². The predicted molar refractivity (Wildman–Crippen MR) is 43.6 cm³/mol. The predicted octanol–water partition coefficient (Wildman–Crippen LogP) is 1.56.